The van der Waals surface area contributed by atoms with Crippen molar-refractivity contribution in [3.05, 3.63) is 29.8 Å². The van der Waals surface area contributed by atoms with E-state index in [0.29, 0.717) is 13.0 Å². The van der Waals surface area contributed by atoms with E-state index in [0.717, 1.165) is 25.1 Å². The Morgan fingerprint density at radius 3 is 2.43 bits per heavy atom. The van der Waals surface area contributed by atoms with Crippen LogP contribution in [0, 0.1) is 0 Å². The molecule has 0 saturated heterocycles. The van der Waals surface area contributed by atoms with Crippen LogP contribution in [0.15, 0.2) is 24.3 Å². The van der Waals surface area contributed by atoms with Crippen molar-refractivity contribution in [2.75, 3.05) is 20.3 Å². The molecule has 118 valence electrons. The summed E-state index contributed by atoms with van der Waals surface area (Å²) in [6.07, 6.45) is 2.54. The molecule has 0 saturated carbocycles. The third kappa shape index (κ3) is 5.38. The molecule has 1 unspecified atom stereocenters. The van der Waals surface area contributed by atoms with Gasteiger partial charge < -0.3 is 14.8 Å². The maximum atomic E-state index is 11.9. The zero-order valence-electron chi connectivity index (χ0n) is 13.6. The van der Waals surface area contributed by atoms with Gasteiger partial charge in [-0.2, -0.15) is 0 Å². The minimum Gasteiger partial charge on any atom is -0.494 e. The standard InChI is InChI=1S/C17H27NO3/c1-5-12-18-17(3,16(19)20-4)11-13-21-15-9-7-14(6-2)8-10-15/h7-10,18H,5-6,11-13H2,1-4H3. The number of ether oxygens (including phenoxy) is 2. The first-order valence-electron chi connectivity index (χ1n) is 7.61. The van der Waals surface area contributed by atoms with Crippen molar-refractivity contribution >= 4 is 5.97 Å². The number of hydrogen-bond acceptors (Lipinski definition) is 4. The Labute approximate surface area is 127 Å². The second-order valence-corrected chi connectivity index (χ2v) is 5.35. The highest BCUT2D eigenvalue weighted by Crippen LogP contribution is 2.16. The summed E-state index contributed by atoms with van der Waals surface area (Å²) >= 11 is 0. The van der Waals surface area contributed by atoms with E-state index in [2.05, 4.69) is 31.3 Å². The molecule has 1 rings (SSSR count). The fraction of sp³-hybridized carbons (Fsp3) is 0.588. The maximum absolute atomic E-state index is 11.9. The Bertz CT molecular complexity index is 430. The van der Waals surface area contributed by atoms with Crippen LogP contribution >= 0.6 is 0 Å². The van der Waals surface area contributed by atoms with E-state index >= 15 is 0 Å². The summed E-state index contributed by atoms with van der Waals surface area (Å²) in [4.78, 5) is 11.9. The van der Waals surface area contributed by atoms with Gasteiger partial charge >= 0.3 is 5.97 Å². The van der Waals surface area contributed by atoms with Gasteiger partial charge in [-0.15, -0.1) is 0 Å². The third-order valence-electron chi connectivity index (χ3n) is 3.60. The first-order chi connectivity index (χ1) is 10.1. The van der Waals surface area contributed by atoms with E-state index in [1.165, 1.54) is 12.7 Å². The number of carbonyl (C=O) groups is 1. The van der Waals surface area contributed by atoms with Crippen LogP contribution in [0.1, 0.15) is 39.2 Å². The average molecular weight is 293 g/mol. The van der Waals surface area contributed by atoms with Crippen LogP contribution in [0.4, 0.5) is 0 Å². The molecular formula is C17H27NO3. The van der Waals surface area contributed by atoms with E-state index in [1.807, 2.05) is 19.1 Å². The van der Waals surface area contributed by atoms with Crippen molar-refractivity contribution in [1.29, 1.82) is 0 Å². The molecule has 0 aliphatic carbocycles. The summed E-state index contributed by atoms with van der Waals surface area (Å²) in [6.45, 7) is 7.29. The summed E-state index contributed by atoms with van der Waals surface area (Å²) < 4.78 is 10.6. The van der Waals surface area contributed by atoms with Gasteiger partial charge in [-0.25, -0.2) is 0 Å². The number of hydrogen-bond donors (Lipinski definition) is 1. The van der Waals surface area contributed by atoms with Crippen molar-refractivity contribution in [1.82, 2.24) is 5.32 Å². The predicted octanol–water partition coefficient (Wildman–Crippen LogP) is 2.95. The second-order valence-electron chi connectivity index (χ2n) is 5.35. The first kappa shape index (κ1) is 17.5. The zero-order chi connectivity index (χ0) is 15.7. The molecule has 0 aromatic heterocycles. The molecule has 4 heteroatoms. The normalized spacial score (nSPS) is 13.5. The Morgan fingerprint density at radius 1 is 1.24 bits per heavy atom. The van der Waals surface area contributed by atoms with E-state index in [9.17, 15) is 4.79 Å². The second kappa shape index (κ2) is 8.67. The quantitative estimate of drug-likeness (QED) is 0.711. The molecule has 0 aliphatic heterocycles. The minimum absolute atomic E-state index is 0.249. The van der Waals surface area contributed by atoms with Gasteiger partial charge in [-0.1, -0.05) is 26.0 Å². The highest BCUT2D eigenvalue weighted by Gasteiger charge is 2.33. The van der Waals surface area contributed by atoms with Gasteiger partial charge in [0.1, 0.15) is 11.3 Å². The Balaban J connectivity index is 2.53. The van der Waals surface area contributed by atoms with Gasteiger partial charge in [0.2, 0.25) is 0 Å². The Hall–Kier alpha value is -1.55. The number of benzene rings is 1. The lowest BCUT2D eigenvalue weighted by Crippen LogP contribution is -2.51. The first-order valence-corrected chi connectivity index (χ1v) is 7.61. The van der Waals surface area contributed by atoms with Gasteiger partial charge in [0.25, 0.3) is 0 Å². The molecule has 0 radical (unpaired) electrons. The number of methoxy groups -OCH3 is 1. The smallest absolute Gasteiger partial charge is 0.325 e. The minimum atomic E-state index is -0.700. The largest absolute Gasteiger partial charge is 0.494 e. The van der Waals surface area contributed by atoms with Crippen molar-refractivity contribution in [2.24, 2.45) is 0 Å². The number of carbonyl (C=O) groups excluding carboxylic acids is 1. The van der Waals surface area contributed by atoms with Gasteiger partial charge in [0, 0.05) is 6.42 Å². The molecule has 0 amide bonds. The number of esters is 1. The summed E-state index contributed by atoms with van der Waals surface area (Å²) in [6, 6.07) is 8.05. The van der Waals surface area contributed by atoms with Gasteiger partial charge in [0.15, 0.2) is 0 Å². The van der Waals surface area contributed by atoms with Crippen LogP contribution in [0.3, 0.4) is 0 Å². The number of rotatable bonds is 9. The van der Waals surface area contributed by atoms with Gasteiger partial charge in [0.05, 0.1) is 13.7 Å². The van der Waals surface area contributed by atoms with Crippen LogP contribution in [-0.2, 0) is 16.0 Å². The highest BCUT2D eigenvalue weighted by molar-refractivity contribution is 5.80. The third-order valence-corrected chi connectivity index (χ3v) is 3.60. The number of aryl methyl sites for hydroxylation is 1. The number of nitrogens with one attached hydrogen (secondary N) is 1. The topological polar surface area (TPSA) is 47.6 Å². The van der Waals surface area contributed by atoms with Gasteiger partial charge in [-0.3, -0.25) is 4.79 Å². The summed E-state index contributed by atoms with van der Waals surface area (Å²) in [5.74, 6) is 0.579. The molecule has 0 aliphatic rings. The molecule has 1 aromatic rings. The molecule has 0 bridgehead atoms. The van der Waals surface area contributed by atoms with Crippen LogP contribution < -0.4 is 10.1 Å². The molecule has 21 heavy (non-hydrogen) atoms. The van der Waals surface area contributed by atoms with Gasteiger partial charge in [-0.05, 0) is 44.0 Å². The summed E-state index contributed by atoms with van der Waals surface area (Å²) in [5.41, 5.74) is 0.583. The van der Waals surface area contributed by atoms with Crippen LogP contribution in [-0.4, -0.2) is 31.8 Å². The van der Waals surface area contributed by atoms with Crippen LogP contribution in [0.5, 0.6) is 5.75 Å². The molecule has 0 fully saturated rings. The highest BCUT2D eigenvalue weighted by atomic mass is 16.5. The van der Waals surface area contributed by atoms with Crippen molar-refractivity contribution in [3.8, 4) is 5.75 Å². The van der Waals surface area contributed by atoms with Crippen molar-refractivity contribution in [2.45, 2.75) is 45.6 Å². The van der Waals surface area contributed by atoms with E-state index in [4.69, 9.17) is 9.47 Å². The molecule has 0 spiro atoms. The Kier molecular flexibility index (Phi) is 7.23. The maximum Gasteiger partial charge on any atom is 0.325 e. The molecule has 1 N–H and O–H groups in total. The summed E-state index contributed by atoms with van der Waals surface area (Å²) in [5, 5.41) is 3.25. The SMILES string of the molecule is CCCNC(C)(CCOc1ccc(CC)cc1)C(=O)OC. The van der Waals surface area contributed by atoms with Crippen molar-refractivity contribution in [3.63, 3.8) is 0 Å². The van der Waals surface area contributed by atoms with E-state index in [-0.39, 0.29) is 5.97 Å². The average Bonchev–Trinajstić information content (AvgIpc) is 2.52. The summed E-state index contributed by atoms with van der Waals surface area (Å²) in [7, 11) is 1.42. The molecule has 1 atom stereocenters. The fourth-order valence-electron chi connectivity index (χ4n) is 2.08. The fourth-order valence-corrected chi connectivity index (χ4v) is 2.08. The lowest BCUT2D eigenvalue weighted by Gasteiger charge is -2.27. The van der Waals surface area contributed by atoms with Crippen molar-refractivity contribution < 1.29 is 14.3 Å². The van der Waals surface area contributed by atoms with Crippen LogP contribution in [0.2, 0.25) is 0 Å². The van der Waals surface area contributed by atoms with E-state index < -0.39 is 5.54 Å². The van der Waals surface area contributed by atoms with E-state index in [1.54, 1.807) is 0 Å². The molecule has 4 nitrogen and oxygen atoms in total. The molecule has 1 aromatic carbocycles. The predicted molar refractivity (Wildman–Crippen MR) is 84.6 cm³/mol. The molecule has 0 heterocycles. The lowest BCUT2D eigenvalue weighted by atomic mass is 9.98. The lowest BCUT2D eigenvalue weighted by molar-refractivity contribution is -0.148. The molecular weight excluding hydrogens is 266 g/mol. The van der Waals surface area contributed by atoms with Crippen LogP contribution in [0.25, 0.3) is 0 Å². The Morgan fingerprint density at radius 2 is 1.90 bits per heavy atom. The zero-order valence-corrected chi connectivity index (χ0v) is 13.6. The monoisotopic (exact) mass is 293 g/mol.